The molecule has 0 bridgehead atoms. The van der Waals surface area contributed by atoms with E-state index >= 15 is 0 Å². The van der Waals surface area contributed by atoms with E-state index in [1.54, 1.807) is 7.11 Å². The van der Waals surface area contributed by atoms with Crippen molar-refractivity contribution >= 4 is 0 Å². The summed E-state index contributed by atoms with van der Waals surface area (Å²) >= 11 is 0. The molecule has 0 saturated carbocycles. The summed E-state index contributed by atoms with van der Waals surface area (Å²) in [4.78, 5) is 0. The zero-order chi connectivity index (χ0) is 9.30. The molecular weight excluding hydrogens is 152 g/mol. The smallest absolute Gasteiger partial charge is 0.161 e. The lowest BCUT2D eigenvalue weighted by Crippen LogP contribution is -1.91. The third-order valence-corrected chi connectivity index (χ3v) is 2.31. The van der Waals surface area contributed by atoms with Crippen LogP contribution >= 0.6 is 0 Å². The van der Waals surface area contributed by atoms with E-state index in [2.05, 4.69) is 0 Å². The van der Waals surface area contributed by atoms with Gasteiger partial charge in [-0.1, -0.05) is 0 Å². The molecule has 0 amide bonds. The lowest BCUT2D eigenvalue weighted by atomic mass is 10.0. The second kappa shape index (κ2) is 3.05. The monoisotopic (exact) mass is 166 g/mol. The van der Waals surface area contributed by atoms with Crippen LogP contribution in [0.2, 0.25) is 0 Å². The van der Waals surface area contributed by atoms with Gasteiger partial charge in [-0.3, -0.25) is 0 Å². The van der Waals surface area contributed by atoms with E-state index < -0.39 is 0 Å². The first-order chi connectivity index (χ1) is 5.57. The summed E-state index contributed by atoms with van der Waals surface area (Å²) in [5, 5.41) is 9.58. The highest BCUT2D eigenvalue weighted by molar-refractivity contribution is 5.52. The molecule has 0 radical (unpaired) electrons. The van der Waals surface area contributed by atoms with Crippen LogP contribution in [-0.2, 0) is 0 Å². The Morgan fingerprint density at radius 2 is 1.75 bits per heavy atom. The molecule has 0 saturated heterocycles. The van der Waals surface area contributed by atoms with E-state index in [1.807, 2.05) is 26.8 Å². The first-order valence-electron chi connectivity index (χ1n) is 3.91. The van der Waals surface area contributed by atoms with Crippen molar-refractivity contribution in [3.63, 3.8) is 0 Å². The molecule has 12 heavy (non-hydrogen) atoms. The van der Waals surface area contributed by atoms with Gasteiger partial charge in [-0.2, -0.15) is 0 Å². The van der Waals surface area contributed by atoms with Gasteiger partial charge in [-0.15, -0.1) is 0 Å². The van der Waals surface area contributed by atoms with Gasteiger partial charge in [0.15, 0.2) is 11.5 Å². The Balaban J connectivity index is 3.39. The van der Waals surface area contributed by atoms with Gasteiger partial charge >= 0.3 is 0 Å². The Hall–Kier alpha value is -1.18. The molecule has 0 unspecified atom stereocenters. The van der Waals surface area contributed by atoms with E-state index in [4.69, 9.17) is 4.74 Å². The number of benzene rings is 1. The van der Waals surface area contributed by atoms with Crippen molar-refractivity contribution in [1.82, 2.24) is 0 Å². The topological polar surface area (TPSA) is 29.5 Å². The fourth-order valence-electron chi connectivity index (χ4n) is 1.19. The molecule has 0 aliphatic heterocycles. The summed E-state index contributed by atoms with van der Waals surface area (Å²) < 4.78 is 5.01. The van der Waals surface area contributed by atoms with Gasteiger partial charge in [0.1, 0.15) is 0 Å². The first-order valence-corrected chi connectivity index (χ1v) is 3.91. The second-order valence-corrected chi connectivity index (χ2v) is 2.99. The number of rotatable bonds is 1. The maximum absolute atomic E-state index is 9.58. The van der Waals surface area contributed by atoms with Gasteiger partial charge in [-0.05, 0) is 43.5 Å². The van der Waals surface area contributed by atoms with Crippen LogP contribution in [0, 0.1) is 20.8 Å². The van der Waals surface area contributed by atoms with Crippen molar-refractivity contribution in [3.8, 4) is 11.5 Å². The average Bonchev–Trinajstić information content (AvgIpc) is 2.08. The molecule has 1 aromatic carbocycles. The third-order valence-electron chi connectivity index (χ3n) is 2.31. The van der Waals surface area contributed by atoms with Crippen molar-refractivity contribution in [2.45, 2.75) is 20.8 Å². The highest BCUT2D eigenvalue weighted by Gasteiger charge is 2.08. The normalized spacial score (nSPS) is 10.0. The summed E-state index contributed by atoms with van der Waals surface area (Å²) in [6.45, 7) is 5.88. The van der Waals surface area contributed by atoms with E-state index in [-0.39, 0.29) is 5.75 Å². The van der Waals surface area contributed by atoms with Gasteiger partial charge in [0.05, 0.1) is 7.11 Å². The summed E-state index contributed by atoms with van der Waals surface area (Å²) in [6, 6.07) is 1.84. The van der Waals surface area contributed by atoms with E-state index in [9.17, 15) is 5.11 Å². The number of hydrogen-bond donors (Lipinski definition) is 1. The Morgan fingerprint density at radius 1 is 1.17 bits per heavy atom. The average molecular weight is 166 g/mol. The van der Waals surface area contributed by atoms with Crippen LogP contribution in [0.25, 0.3) is 0 Å². The molecule has 1 N–H and O–H groups in total. The minimum atomic E-state index is 0.251. The van der Waals surface area contributed by atoms with Crippen LogP contribution < -0.4 is 4.74 Å². The molecule has 2 heteroatoms. The predicted molar refractivity (Wildman–Crippen MR) is 48.9 cm³/mol. The summed E-state index contributed by atoms with van der Waals surface area (Å²) in [5.41, 5.74) is 3.15. The predicted octanol–water partition coefficient (Wildman–Crippen LogP) is 2.33. The summed E-state index contributed by atoms with van der Waals surface area (Å²) in [5.74, 6) is 0.802. The van der Waals surface area contributed by atoms with Crippen LogP contribution in [0.1, 0.15) is 16.7 Å². The molecule has 0 spiro atoms. The van der Waals surface area contributed by atoms with Gasteiger partial charge in [0, 0.05) is 0 Å². The molecule has 0 aliphatic rings. The molecular formula is C10H14O2. The molecule has 0 fully saturated rings. The number of ether oxygens (including phenoxy) is 1. The van der Waals surface area contributed by atoms with Gasteiger partial charge in [-0.25, -0.2) is 0 Å². The maximum atomic E-state index is 9.58. The molecule has 1 rings (SSSR count). The molecule has 0 heterocycles. The quantitative estimate of drug-likeness (QED) is 0.693. The lowest BCUT2D eigenvalue weighted by Gasteiger charge is -2.10. The fraction of sp³-hybridized carbons (Fsp3) is 0.400. The number of phenols is 1. The van der Waals surface area contributed by atoms with Gasteiger partial charge in [0.25, 0.3) is 0 Å². The van der Waals surface area contributed by atoms with E-state index in [0.717, 1.165) is 16.7 Å². The maximum Gasteiger partial charge on any atom is 0.161 e. The van der Waals surface area contributed by atoms with Gasteiger partial charge in [0.2, 0.25) is 0 Å². The highest BCUT2D eigenvalue weighted by Crippen LogP contribution is 2.33. The SMILES string of the molecule is COc1cc(C)c(C)c(C)c1O. The van der Waals surface area contributed by atoms with Crippen molar-refractivity contribution in [2.24, 2.45) is 0 Å². The second-order valence-electron chi connectivity index (χ2n) is 2.99. The molecule has 0 atom stereocenters. The number of methoxy groups -OCH3 is 1. The number of aryl methyl sites for hydroxylation is 1. The lowest BCUT2D eigenvalue weighted by molar-refractivity contribution is 0.371. The Morgan fingerprint density at radius 3 is 2.25 bits per heavy atom. The largest absolute Gasteiger partial charge is 0.504 e. The minimum absolute atomic E-state index is 0.251. The van der Waals surface area contributed by atoms with Crippen LogP contribution in [0.4, 0.5) is 0 Å². The van der Waals surface area contributed by atoms with Crippen LogP contribution in [0.5, 0.6) is 11.5 Å². The molecule has 0 aliphatic carbocycles. The zero-order valence-corrected chi connectivity index (χ0v) is 7.93. The van der Waals surface area contributed by atoms with Crippen molar-refractivity contribution in [1.29, 1.82) is 0 Å². The molecule has 0 aromatic heterocycles. The third kappa shape index (κ3) is 1.24. The number of phenolic OH excluding ortho intramolecular Hbond substituents is 1. The van der Waals surface area contributed by atoms with Crippen LogP contribution in [0.3, 0.4) is 0 Å². The van der Waals surface area contributed by atoms with E-state index in [1.165, 1.54) is 0 Å². The Bertz CT molecular complexity index is 303. The van der Waals surface area contributed by atoms with Gasteiger partial charge < -0.3 is 9.84 Å². The highest BCUT2D eigenvalue weighted by atomic mass is 16.5. The molecule has 2 nitrogen and oxygen atoms in total. The minimum Gasteiger partial charge on any atom is -0.504 e. The fourth-order valence-corrected chi connectivity index (χ4v) is 1.19. The number of aromatic hydroxyl groups is 1. The molecule has 1 aromatic rings. The first kappa shape index (κ1) is 8.91. The zero-order valence-electron chi connectivity index (χ0n) is 7.93. The van der Waals surface area contributed by atoms with Crippen molar-refractivity contribution < 1.29 is 9.84 Å². The van der Waals surface area contributed by atoms with Crippen molar-refractivity contribution in [2.75, 3.05) is 7.11 Å². The summed E-state index contributed by atoms with van der Waals surface area (Å²) in [7, 11) is 1.56. The number of hydrogen-bond acceptors (Lipinski definition) is 2. The van der Waals surface area contributed by atoms with Crippen molar-refractivity contribution in [3.05, 3.63) is 22.8 Å². The van der Waals surface area contributed by atoms with Crippen LogP contribution in [0.15, 0.2) is 6.07 Å². The van der Waals surface area contributed by atoms with E-state index in [0.29, 0.717) is 5.75 Å². The Kier molecular flexibility index (Phi) is 2.27. The standard InChI is InChI=1S/C10H14O2/c1-6-5-9(12-4)10(11)8(3)7(6)2/h5,11H,1-4H3. The molecule has 66 valence electrons. The van der Waals surface area contributed by atoms with Crippen LogP contribution in [-0.4, -0.2) is 12.2 Å². The Labute approximate surface area is 72.8 Å². The summed E-state index contributed by atoms with van der Waals surface area (Å²) in [6.07, 6.45) is 0.